The molecule has 0 aliphatic heterocycles. The second-order valence-electron chi connectivity index (χ2n) is 6.50. The van der Waals surface area contributed by atoms with Gasteiger partial charge in [-0.25, -0.2) is 4.79 Å². The Morgan fingerprint density at radius 3 is 2.37 bits per heavy atom. The van der Waals surface area contributed by atoms with Crippen molar-refractivity contribution in [1.29, 1.82) is 0 Å². The number of benzene rings is 2. The number of methoxy groups -OCH3 is 1. The van der Waals surface area contributed by atoms with Gasteiger partial charge in [0.1, 0.15) is 0 Å². The van der Waals surface area contributed by atoms with Crippen LogP contribution < -0.4 is 10.6 Å². The SMILES string of the molecule is COC(=O)c1ccccc1NC(=O)C1CC1C(=O)NCCc1ccccc1. The van der Waals surface area contributed by atoms with Crippen molar-refractivity contribution in [2.45, 2.75) is 12.8 Å². The van der Waals surface area contributed by atoms with Crippen LogP contribution >= 0.6 is 0 Å². The fourth-order valence-corrected chi connectivity index (χ4v) is 2.99. The summed E-state index contributed by atoms with van der Waals surface area (Å²) in [5.41, 5.74) is 1.84. The number of anilines is 1. The summed E-state index contributed by atoms with van der Waals surface area (Å²) in [5.74, 6) is -1.56. The van der Waals surface area contributed by atoms with Crippen molar-refractivity contribution >= 4 is 23.5 Å². The third-order valence-corrected chi connectivity index (χ3v) is 4.61. The van der Waals surface area contributed by atoms with Crippen LogP contribution in [0, 0.1) is 11.8 Å². The number of rotatable bonds is 7. The maximum absolute atomic E-state index is 12.4. The van der Waals surface area contributed by atoms with Crippen LogP contribution in [0.4, 0.5) is 5.69 Å². The van der Waals surface area contributed by atoms with Gasteiger partial charge in [-0.05, 0) is 30.5 Å². The molecule has 2 aromatic rings. The third kappa shape index (κ3) is 4.73. The average molecular weight is 366 g/mol. The normalized spacial score (nSPS) is 17.7. The highest BCUT2D eigenvalue weighted by atomic mass is 16.5. The number of ether oxygens (including phenoxy) is 1. The predicted octanol–water partition coefficient (Wildman–Crippen LogP) is 2.41. The van der Waals surface area contributed by atoms with E-state index >= 15 is 0 Å². The van der Waals surface area contributed by atoms with Gasteiger partial charge in [0.05, 0.1) is 30.2 Å². The molecule has 3 rings (SSSR count). The van der Waals surface area contributed by atoms with Crippen molar-refractivity contribution in [2.24, 2.45) is 11.8 Å². The van der Waals surface area contributed by atoms with E-state index in [0.717, 1.165) is 12.0 Å². The van der Waals surface area contributed by atoms with Crippen LogP contribution in [0.25, 0.3) is 0 Å². The predicted molar refractivity (Wildman–Crippen MR) is 101 cm³/mol. The third-order valence-electron chi connectivity index (χ3n) is 4.61. The second-order valence-corrected chi connectivity index (χ2v) is 6.50. The fourth-order valence-electron chi connectivity index (χ4n) is 2.99. The first-order chi connectivity index (χ1) is 13.1. The quantitative estimate of drug-likeness (QED) is 0.737. The fraction of sp³-hybridized carbons (Fsp3) is 0.286. The van der Waals surface area contributed by atoms with Crippen LogP contribution in [-0.2, 0) is 20.7 Å². The maximum Gasteiger partial charge on any atom is 0.339 e. The van der Waals surface area contributed by atoms with Crippen molar-refractivity contribution in [3.63, 3.8) is 0 Å². The summed E-state index contributed by atoms with van der Waals surface area (Å²) >= 11 is 0. The van der Waals surface area contributed by atoms with Crippen LogP contribution in [-0.4, -0.2) is 31.4 Å². The number of carbonyl (C=O) groups excluding carboxylic acids is 3. The molecule has 1 saturated carbocycles. The van der Waals surface area contributed by atoms with Crippen molar-refractivity contribution in [2.75, 3.05) is 19.0 Å². The van der Waals surface area contributed by atoms with E-state index in [1.165, 1.54) is 7.11 Å². The van der Waals surface area contributed by atoms with Gasteiger partial charge < -0.3 is 15.4 Å². The second kappa shape index (κ2) is 8.49. The van der Waals surface area contributed by atoms with Crippen LogP contribution in [0.5, 0.6) is 0 Å². The molecule has 6 heteroatoms. The lowest BCUT2D eigenvalue weighted by atomic mass is 10.1. The minimum Gasteiger partial charge on any atom is -0.465 e. The molecule has 2 aromatic carbocycles. The summed E-state index contributed by atoms with van der Waals surface area (Å²) in [6.45, 7) is 0.541. The molecule has 2 atom stereocenters. The van der Waals surface area contributed by atoms with Crippen LogP contribution in [0.1, 0.15) is 22.3 Å². The summed E-state index contributed by atoms with van der Waals surface area (Å²) in [6, 6.07) is 16.5. The minimum absolute atomic E-state index is 0.104. The van der Waals surface area contributed by atoms with E-state index in [2.05, 4.69) is 10.6 Å². The molecular weight excluding hydrogens is 344 g/mol. The molecule has 0 spiro atoms. The molecule has 27 heavy (non-hydrogen) atoms. The van der Waals surface area contributed by atoms with Gasteiger partial charge in [-0.15, -0.1) is 0 Å². The highest BCUT2D eigenvalue weighted by Crippen LogP contribution is 2.39. The zero-order valence-electron chi connectivity index (χ0n) is 15.1. The van der Waals surface area contributed by atoms with Gasteiger partial charge in [-0.2, -0.15) is 0 Å². The van der Waals surface area contributed by atoms with Crippen molar-refractivity contribution < 1.29 is 19.1 Å². The lowest BCUT2D eigenvalue weighted by Gasteiger charge is -2.09. The lowest BCUT2D eigenvalue weighted by molar-refractivity contribution is -0.125. The molecule has 0 radical (unpaired) electrons. The Kier molecular flexibility index (Phi) is 5.86. The van der Waals surface area contributed by atoms with Crippen LogP contribution in [0.3, 0.4) is 0 Å². The Balaban J connectivity index is 1.49. The summed E-state index contributed by atoms with van der Waals surface area (Å²) in [4.78, 5) is 36.4. The molecule has 1 aliphatic rings. The minimum atomic E-state index is -0.517. The van der Waals surface area contributed by atoms with Gasteiger partial charge in [0.2, 0.25) is 11.8 Å². The van der Waals surface area contributed by atoms with Gasteiger partial charge in [0.15, 0.2) is 0 Å². The molecule has 0 saturated heterocycles. The maximum atomic E-state index is 12.4. The largest absolute Gasteiger partial charge is 0.465 e. The van der Waals surface area contributed by atoms with E-state index in [0.29, 0.717) is 18.7 Å². The number of hydrogen-bond donors (Lipinski definition) is 2. The average Bonchev–Trinajstić information content (AvgIpc) is 3.50. The number of carbonyl (C=O) groups is 3. The molecule has 0 heterocycles. The molecule has 1 fully saturated rings. The summed E-state index contributed by atoms with van der Waals surface area (Å²) < 4.78 is 4.72. The van der Waals surface area contributed by atoms with Crippen molar-refractivity contribution in [3.05, 3.63) is 65.7 Å². The zero-order valence-corrected chi connectivity index (χ0v) is 15.1. The van der Waals surface area contributed by atoms with E-state index < -0.39 is 5.97 Å². The van der Waals surface area contributed by atoms with E-state index in [4.69, 9.17) is 4.74 Å². The van der Waals surface area contributed by atoms with Crippen LogP contribution in [0.2, 0.25) is 0 Å². The molecule has 6 nitrogen and oxygen atoms in total. The first-order valence-electron chi connectivity index (χ1n) is 8.90. The molecule has 0 bridgehead atoms. The van der Waals surface area contributed by atoms with Gasteiger partial charge in [-0.1, -0.05) is 42.5 Å². The Bertz CT molecular complexity index is 835. The Morgan fingerprint density at radius 2 is 1.63 bits per heavy atom. The Hall–Kier alpha value is -3.15. The molecule has 140 valence electrons. The molecule has 2 amide bonds. The van der Waals surface area contributed by atoms with Gasteiger partial charge in [0, 0.05) is 6.54 Å². The summed E-state index contributed by atoms with van der Waals surface area (Å²) in [6.07, 6.45) is 1.27. The monoisotopic (exact) mass is 366 g/mol. The number of para-hydroxylation sites is 1. The van der Waals surface area contributed by atoms with Crippen molar-refractivity contribution in [1.82, 2.24) is 5.32 Å². The summed E-state index contributed by atoms with van der Waals surface area (Å²) in [7, 11) is 1.29. The first-order valence-corrected chi connectivity index (χ1v) is 8.90. The number of nitrogens with one attached hydrogen (secondary N) is 2. The Morgan fingerprint density at radius 1 is 0.963 bits per heavy atom. The van der Waals surface area contributed by atoms with Crippen LogP contribution in [0.15, 0.2) is 54.6 Å². The molecule has 2 N–H and O–H groups in total. The van der Waals surface area contributed by atoms with Gasteiger partial charge in [-0.3, -0.25) is 9.59 Å². The molecular formula is C21H22N2O4. The molecule has 2 unspecified atom stereocenters. The topological polar surface area (TPSA) is 84.5 Å². The Labute approximate surface area is 157 Å². The number of esters is 1. The molecule has 1 aliphatic carbocycles. The van der Waals surface area contributed by atoms with E-state index in [1.807, 2.05) is 30.3 Å². The van der Waals surface area contributed by atoms with E-state index in [9.17, 15) is 14.4 Å². The summed E-state index contributed by atoms with van der Waals surface area (Å²) in [5, 5.41) is 5.62. The van der Waals surface area contributed by atoms with Crippen molar-refractivity contribution in [3.8, 4) is 0 Å². The number of hydrogen-bond acceptors (Lipinski definition) is 4. The first kappa shape index (κ1) is 18.6. The van der Waals surface area contributed by atoms with Gasteiger partial charge >= 0.3 is 5.97 Å². The smallest absolute Gasteiger partial charge is 0.339 e. The highest BCUT2D eigenvalue weighted by Gasteiger charge is 2.48. The van der Waals surface area contributed by atoms with E-state index in [-0.39, 0.29) is 29.2 Å². The zero-order chi connectivity index (χ0) is 19.2. The standard InChI is InChI=1S/C21H22N2O4/c1-27-21(26)15-9-5-6-10-18(15)23-20(25)17-13-16(17)19(24)22-12-11-14-7-3-2-4-8-14/h2-10,16-17H,11-13H2,1H3,(H,22,24)(H,23,25). The van der Waals surface area contributed by atoms with E-state index in [1.54, 1.807) is 24.3 Å². The number of amides is 2. The lowest BCUT2D eigenvalue weighted by Crippen LogP contribution is -2.29. The molecule has 0 aromatic heterocycles. The highest BCUT2D eigenvalue weighted by molar-refractivity contribution is 6.04. The van der Waals surface area contributed by atoms with Gasteiger partial charge in [0.25, 0.3) is 0 Å².